The normalized spacial score (nSPS) is 11.7. The Morgan fingerprint density at radius 1 is 1.32 bits per heavy atom. The van der Waals surface area contributed by atoms with Crippen LogP contribution in [-0.2, 0) is 17.8 Å². The number of halogens is 1. The van der Waals surface area contributed by atoms with Gasteiger partial charge in [0, 0.05) is 27.6 Å². The molecular formula is C21H21ClN2O2S2. The predicted octanol–water partition coefficient (Wildman–Crippen LogP) is 5.86. The lowest BCUT2D eigenvalue weighted by atomic mass is 10.1. The van der Waals surface area contributed by atoms with E-state index in [1.807, 2.05) is 46.3 Å². The van der Waals surface area contributed by atoms with E-state index < -0.39 is 5.97 Å². The topological polar surface area (TPSA) is 55.1 Å². The first-order valence-electron chi connectivity index (χ1n) is 8.96. The van der Waals surface area contributed by atoms with E-state index in [9.17, 15) is 9.90 Å². The lowest BCUT2D eigenvalue weighted by molar-refractivity contribution is -0.132. The molecule has 2 aromatic heterocycles. The predicted molar refractivity (Wildman–Crippen MR) is 117 cm³/mol. The van der Waals surface area contributed by atoms with Gasteiger partial charge in [0.15, 0.2) is 5.16 Å². The van der Waals surface area contributed by atoms with Crippen molar-refractivity contribution in [3.05, 3.63) is 74.7 Å². The molecule has 0 unspecified atom stereocenters. The van der Waals surface area contributed by atoms with E-state index >= 15 is 0 Å². The van der Waals surface area contributed by atoms with Crippen LogP contribution in [0.3, 0.4) is 0 Å². The Labute approximate surface area is 177 Å². The third-order valence-electron chi connectivity index (χ3n) is 4.11. The largest absolute Gasteiger partial charge is 0.478 e. The highest BCUT2D eigenvalue weighted by molar-refractivity contribution is 7.99. The summed E-state index contributed by atoms with van der Waals surface area (Å²) in [6.45, 7) is 2.67. The van der Waals surface area contributed by atoms with Gasteiger partial charge in [-0.1, -0.05) is 54.6 Å². The molecule has 0 amide bonds. The summed E-state index contributed by atoms with van der Waals surface area (Å²) in [6.07, 6.45) is 4.89. The van der Waals surface area contributed by atoms with Crippen LogP contribution in [0, 0.1) is 0 Å². The molecule has 0 fully saturated rings. The first kappa shape index (κ1) is 20.7. The van der Waals surface area contributed by atoms with Gasteiger partial charge in [0.25, 0.3) is 0 Å². The van der Waals surface area contributed by atoms with Gasteiger partial charge in [-0.3, -0.25) is 0 Å². The van der Waals surface area contributed by atoms with Crippen molar-refractivity contribution >= 4 is 46.7 Å². The zero-order valence-electron chi connectivity index (χ0n) is 15.5. The molecule has 0 atom stereocenters. The van der Waals surface area contributed by atoms with E-state index in [0.29, 0.717) is 23.6 Å². The van der Waals surface area contributed by atoms with Gasteiger partial charge in [-0.2, -0.15) is 0 Å². The van der Waals surface area contributed by atoms with Gasteiger partial charge in [-0.05, 0) is 35.6 Å². The molecule has 1 aromatic carbocycles. The Bertz CT molecular complexity index is 965. The summed E-state index contributed by atoms with van der Waals surface area (Å²) in [7, 11) is 0. The SMILES string of the molecule is CCCSc1ncc(/C=C(\Cc2cccs2)C(=O)O)n1Cc1ccccc1Cl. The van der Waals surface area contributed by atoms with Gasteiger partial charge in [-0.25, -0.2) is 9.78 Å². The Kier molecular flexibility index (Phi) is 7.36. The number of nitrogens with zero attached hydrogens (tertiary/aromatic N) is 2. The lowest BCUT2D eigenvalue weighted by Crippen LogP contribution is -2.07. The summed E-state index contributed by atoms with van der Waals surface area (Å²) in [5.41, 5.74) is 2.09. The number of benzene rings is 1. The molecule has 0 spiro atoms. The maximum atomic E-state index is 11.8. The highest BCUT2D eigenvalue weighted by atomic mass is 35.5. The third-order valence-corrected chi connectivity index (χ3v) is 6.55. The summed E-state index contributed by atoms with van der Waals surface area (Å²) in [5.74, 6) is 0.0330. The molecule has 2 heterocycles. The van der Waals surface area contributed by atoms with Crippen molar-refractivity contribution in [1.29, 1.82) is 0 Å². The average Bonchev–Trinajstić information content (AvgIpc) is 3.32. The fourth-order valence-corrected chi connectivity index (χ4v) is 4.48. The number of hydrogen-bond acceptors (Lipinski definition) is 4. The first-order valence-corrected chi connectivity index (χ1v) is 11.2. The van der Waals surface area contributed by atoms with Crippen LogP contribution in [-0.4, -0.2) is 26.4 Å². The number of aromatic nitrogens is 2. The van der Waals surface area contributed by atoms with Crippen molar-refractivity contribution in [2.45, 2.75) is 31.5 Å². The minimum atomic E-state index is -0.915. The van der Waals surface area contributed by atoms with E-state index in [2.05, 4.69) is 11.9 Å². The van der Waals surface area contributed by atoms with Crippen LogP contribution in [0.5, 0.6) is 0 Å². The van der Waals surface area contributed by atoms with Gasteiger partial charge in [0.2, 0.25) is 0 Å². The smallest absolute Gasteiger partial charge is 0.332 e. The van der Waals surface area contributed by atoms with Crippen LogP contribution < -0.4 is 0 Å². The van der Waals surface area contributed by atoms with Crippen LogP contribution in [0.4, 0.5) is 0 Å². The number of hydrogen-bond donors (Lipinski definition) is 1. The lowest BCUT2D eigenvalue weighted by Gasteiger charge is -2.12. The van der Waals surface area contributed by atoms with Crippen LogP contribution in [0.2, 0.25) is 5.02 Å². The zero-order valence-corrected chi connectivity index (χ0v) is 17.9. The Balaban J connectivity index is 1.97. The molecule has 28 heavy (non-hydrogen) atoms. The number of imidazole rings is 1. The van der Waals surface area contributed by atoms with Gasteiger partial charge >= 0.3 is 5.97 Å². The zero-order chi connectivity index (χ0) is 19.9. The molecule has 4 nitrogen and oxygen atoms in total. The van der Waals surface area contributed by atoms with E-state index in [1.165, 1.54) is 0 Å². The highest BCUT2D eigenvalue weighted by Gasteiger charge is 2.15. The average molecular weight is 433 g/mol. The van der Waals surface area contributed by atoms with Crippen LogP contribution in [0.25, 0.3) is 6.08 Å². The second kappa shape index (κ2) is 9.96. The minimum absolute atomic E-state index is 0.342. The maximum Gasteiger partial charge on any atom is 0.332 e. The summed E-state index contributed by atoms with van der Waals surface area (Å²) >= 11 is 9.58. The molecule has 0 saturated heterocycles. The van der Waals surface area contributed by atoms with Gasteiger partial charge in [0.1, 0.15) is 0 Å². The number of aliphatic carboxylic acids is 1. The van der Waals surface area contributed by atoms with Crippen molar-refractivity contribution in [2.24, 2.45) is 0 Å². The molecular weight excluding hydrogens is 412 g/mol. The fraction of sp³-hybridized carbons (Fsp3) is 0.238. The number of carbonyl (C=O) groups is 1. The molecule has 3 rings (SSSR count). The number of carboxylic acid groups (broad SMARTS) is 1. The van der Waals surface area contributed by atoms with Crippen molar-refractivity contribution in [2.75, 3.05) is 5.75 Å². The van der Waals surface area contributed by atoms with Crippen molar-refractivity contribution in [3.63, 3.8) is 0 Å². The van der Waals surface area contributed by atoms with Gasteiger partial charge in [-0.15, -0.1) is 11.3 Å². The summed E-state index contributed by atoms with van der Waals surface area (Å²) in [5, 5.41) is 13.2. The number of carboxylic acids is 1. The quantitative estimate of drug-likeness (QED) is 0.340. The van der Waals surface area contributed by atoms with Crippen molar-refractivity contribution in [1.82, 2.24) is 9.55 Å². The van der Waals surface area contributed by atoms with E-state index in [0.717, 1.165) is 33.5 Å². The molecule has 0 aliphatic carbocycles. The number of thiophene rings is 1. The van der Waals surface area contributed by atoms with Gasteiger partial charge < -0.3 is 9.67 Å². The second-order valence-electron chi connectivity index (χ2n) is 6.22. The van der Waals surface area contributed by atoms with E-state index in [-0.39, 0.29) is 0 Å². The molecule has 146 valence electrons. The Morgan fingerprint density at radius 2 is 2.14 bits per heavy atom. The standard InChI is InChI=1S/C21H21ClN2O2S2/c1-2-9-28-21-23-13-17(24(21)14-15-6-3-4-8-19(15)22)11-16(20(25)26)12-18-7-5-10-27-18/h3-8,10-11,13H,2,9,12,14H2,1H3,(H,25,26)/b16-11+. The molecule has 0 aliphatic heterocycles. The maximum absolute atomic E-state index is 11.8. The third kappa shape index (κ3) is 5.28. The van der Waals surface area contributed by atoms with Crippen molar-refractivity contribution < 1.29 is 9.90 Å². The molecule has 0 radical (unpaired) electrons. The molecule has 0 aliphatic rings. The molecule has 7 heteroatoms. The monoisotopic (exact) mass is 432 g/mol. The summed E-state index contributed by atoms with van der Waals surface area (Å²) in [4.78, 5) is 17.4. The molecule has 0 saturated carbocycles. The highest BCUT2D eigenvalue weighted by Crippen LogP contribution is 2.25. The first-order chi connectivity index (χ1) is 13.6. The molecule has 1 N–H and O–H groups in total. The van der Waals surface area contributed by atoms with Crippen molar-refractivity contribution in [3.8, 4) is 0 Å². The second-order valence-corrected chi connectivity index (χ2v) is 8.72. The van der Waals surface area contributed by atoms with Gasteiger partial charge in [0.05, 0.1) is 18.4 Å². The number of thioether (sulfide) groups is 1. The summed E-state index contributed by atoms with van der Waals surface area (Å²) in [6, 6.07) is 11.6. The van der Waals surface area contributed by atoms with Crippen LogP contribution >= 0.6 is 34.7 Å². The Morgan fingerprint density at radius 3 is 2.82 bits per heavy atom. The van der Waals surface area contributed by atoms with E-state index in [4.69, 9.17) is 11.6 Å². The number of rotatable bonds is 9. The Hall–Kier alpha value is -2.02. The molecule has 0 bridgehead atoms. The van der Waals surface area contributed by atoms with E-state index in [1.54, 1.807) is 35.4 Å². The van der Waals surface area contributed by atoms with Crippen LogP contribution in [0.1, 0.15) is 29.5 Å². The fourth-order valence-electron chi connectivity index (χ4n) is 2.72. The molecule has 3 aromatic rings. The van der Waals surface area contributed by atoms with Crippen LogP contribution in [0.15, 0.2) is 58.7 Å². The summed E-state index contributed by atoms with van der Waals surface area (Å²) < 4.78 is 2.04. The minimum Gasteiger partial charge on any atom is -0.478 e.